The van der Waals surface area contributed by atoms with Crippen LogP contribution in [0.1, 0.15) is 13.3 Å². The van der Waals surface area contributed by atoms with Crippen LogP contribution < -0.4 is 5.73 Å². The quantitative estimate of drug-likeness (QED) is 0.282. The summed E-state index contributed by atoms with van der Waals surface area (Å²) in [6.07, 6.45) is 0.331. The fraction of sp³-hybridized carbons (Fsp3) is 0.300. The van der Waals surface area contributed by atoms with Crippen LogP contribution in [0.3, 0.4) is 0 Å². The third-order valence-corrected chi connectivity index (χ3v) is 3.00. The Balaban J connectivity index is 2.66. The van der Waals surface area contributed by atoms with Crippen LogP contribution in [-0.2, 0) is 0 Å². The molecule has 0 spiro atoms. The summed E-state index contributed by atoms with van der Waals surface area (Å²) in [4.78, 5) is 0.347. The number of nitrogens with two attached hydrogens (primary N) is 1. The molecule has 88 valence electrons. The van der Waals surface area contributed by atoms with Gasteiger partial charge < -0.3 is 10.9 Å². The molecule has 0 aliphatic rings. The summed E-state index contributed by atoms with van der Waals surface area (Å²) in [5.41, 5.74) is 5.32. The second-order valence-electron chi connectivity index (χ2n) is 3.30. The second kappa shape index (κ2) is 5.69. The molecule has 0 aliphatic heterocycles. The van der Waals surface area contributed by atoms with Gasteiger partial charge in [0.2, 0.25) is 0 Å². The minimum atomic E-state index is -0.606. The molecule has 0 fully saturated rings. The molecule has 3 N–H and O–H groups in total. The van der Waals surface area contributed by atoms with Crippen molar-refractivity contribution in [2.75, 3.05) is 0 Å². The highest BCUT2D eigenvalue weighted by atomic mass is 32.2. The van der Waals surface area contributed by atoms with E-state index in [1.165, 1.54) is 23.9 Å². The topological polar surface area (TPSA) is 58.6 Å². The van der Waals surface area contributed by atoms with Crippen molar-refractivity contribution in [1.82, 2.24) is 0 Å². The Morgan fingerprint density at radius 3 is 2.81 bits per heavy atom. The van der Waals surface area contributed by atoms with Crippen LogP contribution >= 0.6 is 11.8 Å². The summed E-state index contributed by atoms with van der Waals surface area (Å²) in [5, 5.41) is 11.1. The van der Waals surface area contributed by atoms with Gasteiger partial charge in [-0.2, -0.15) is 0 Å². The van der Waals surface area contributed by atoms with Crippen molar-refractivity contribution in [3.05, 3.63) is 29.8 Å². The summed E-state index contributed by atoms with van der Waals surface area (Å²) in [7, 11) is 0. The normalized spacial score (nSPS) is 13.8. The van der Waals surface area contributed by atoms with Crippen LogP contribution in [0.25, 0.3) is 0 Å². The van der Waals surface area contributed by atoms with E-state index in [2.05, 4.69) is 5.16 Å². The van der Waals surface area contributed by atoms with E-state index in [1.807, 2.05) is 6.92 Å². The molecule has 0 heterocycles. The molecule has 0 saturated carbocycles. The highest BCUT2D eigenvalue weighted by molar-refractivity contribution is 8.00. The van der Waals surface area contributed by atoms with Crippen molar-refractivity contribution in [3.8, 4) is 0 Å². The molecule has 3 nitrogen and oxygen atoms in total. The standard InChI is InChI=1S/C10H12F2N2OS/c1-6(4-10(13)14-15)16-9-3-2-7(11)5-8(9)12/h2-3,5-6,15H,4H2,1H3,(H2,13,14). The molecule has 6 heteroatoms. The molecule has 1 unspecified atom stereocenters. The Morgan fingerprint density at radius 2 is 2.25 bits per heavy atom. The maximum Gasteiger partial charge on any atom is 0.140 e. The lowest BCUT2D eigenvalue weighted by Gasteiger charge is -2.10. The van der Waals surface area contributed by atoms with Crippen LogP contribution in [0, 0.1) is 11.6 Å². The van der Waals surface area contributed by atoms with Gasteiger partial charge in [0.25, 0.3) is 0 Å². The number of rotatable bonds is 4. The second-order valence-corrected chi connectivity index (χ2v) is 4.78. The fourth-order valence-corrected chi connectivity index (χ4v) is 2.17. The predicted molar refractivity (Wildman–Crippen MR) is 59.7 cm³/mol. The highest BCUT2D eigenvalue weighted by Crippen LogP contribution is 2.27. The number of oxime groups is 1. The lowest BCUT2D eigenvalue weighted by atomic mass is 10.3. The van der Waals surface area contributed by atoms with E-state index in [1.54, 1.807) is 0 Å². The van der Waals surface area contributed by atoms with Crippen molar-refractivity contribution in [2.45, 2.75) is 23.5 Å². The third kappa shape index (κ3) is 3.69. The van der Waals surface area contributed by atoms with Gasteiger partial charge in [0.15, 0.2) is 0 Å². The molecular weight excluding hydrogens is 234 g/mol. The maximum atomic E-state index is 13.3. The lowest BCUT2D eigenvalue weighted by Crippen LogP contribution is -2.16. The smallest absolute Gasteiger partial charge is 0.140 e. The van der Waals surface area contributed by atoms with E-state index in [4.69, 9.17) is 10.9 Å². The summed E-state index contributed by atoms with van der Waals surface area (Å²) in [5.74, 6) is -1.12. The summed E-state index contributed by atoms with van der Waals surface area (Å²) in [6, 6.07) is 3.40. The van der Waals surface area contributed by atoms with E-state index >= 15 is 0 Å². The van der Waals surface area contributed by atoms with E-state index < -0.39 is 11.6 Å². The molecule has 0 bridgehead atoms. The average molecular weight is 246 g/mol. The maximum absolute atomic E-state index is 13.3. The van der Waals surface area contributed by atoms with Crippen LogP contribution in [0.5, 0.6) is 0 Å². The van der Waals surface area contributed by atoms with Gasteiger partial charge >= 0.3 is 0 Å². The Morgan fingerprint density at radius 1 is 1.56 bits per heavy atom. The Kier molecular flexibility index (Phi) is 4.54. The zero-order chi connectivity index (χ0) is 12.1. The Bertz CT molecular complexity index is 398. The molecule has 1 atom stereocenters. The number of thioether (sulfide) groups is 1. The average Bonchev–Trinajstić information content (AvgIpc) is 2.22. The fourth-order valence-electron chi connectivity index (χ4n) is 1.16. The summed E-state index contributed by atoms with van der Waals surface area (Å²) >= 11 is 1.21. The molecule has 0 radical (unpaired) electrons. The largest absolute Gasteiger partial charge is 0.409 e. The SMILES string of the molecule is CC(CC(N)=NO)Sc1ccc(F)cc1F. The molecule has 0 aliphatic carbocycles. The highest BCUT2D eigenvalue weighted by Gasteiger charge is 2.11. The van der Waals surface area contributed by atoms with E-state index in [0.29, 0.717) is 11.3 Å². The number of hydrogen-bond donors (Lipinski definition) is 2. The van der Waals surface area contributed by atoms with E-state index in [-0.39, 0.29) is 11.1 Å². The minimum absolute atomic E-state index is 0.0594. The molecule has 1 rings (SSSR count). The van der Waals surface area contributed by atoms with Gasteiger partial charge in [0.1, 0.15) is 17.5 Å². The zero-order valence-electron chi connectivity index (χ0n) is 8.65. The minimum Gasteiger partial charge on any atom is -0.409 e. The van der Waals surface area contributed by atoms with Gasteiger partial charge in [0.05, 0.1) is 0 Å². The number of benzene rings is 1. The predicted octanol–water partition coefficient (Wildman–Crippen LogP) is 2.58. The van der Waals surface area contributed by atoms with E-state index in [9.17, 15) is 8.78 Å². The number of nitrogens with zero attached hydrogens (tertiary/aromatic N) is 1. The van der Waals surface area contributed by atoms with Crippen molar-refractivity contribution in [3.63, 3.8) is 0 Å². The molecule has 0 aromatic heterocycles. The van der Waals surface area contributed by atoms with Gasteiger partial charge in [-0.25, -0.2) is 8.78 Å². The van der Waals surface area contributed by atoms with Crippen molar-refractivity contribution < 1.29 is 14.0 Å². The first kappa shape index (κ1) is 12.8. The molecule has 1 aromatic carbocycles. The first-order chi connectivity index (χ1) is 7.52. The van der Waals surface area contributed by atoms with Crippen LogP contribution in [0.15, 0.2) is 28.3 Å². The summed E-state index contributed by atoms with van der Waals surface area (Å²) < 4.78 is 25.9. The number of amidine groups is 1. The zero-order valence-corrected chi connectivity index (χ0v) is 9.47. The van der Waals surface area contributed by atoms with E-state index in [0.717, 1.165) is 6.07 Å². The molecule has 0 saturated heterocycles. The Labute approximate surface area is 96.3 Å². The summed E-state index contributed by atoms with van der Waals surface area (Å²) in [6.45, 7) is 1.81. The monoisotopic (exact) mass is 246 g/mol. The molecular formula is C10H12F2N2OS. The third-order valence-electron chi connectivity index (χ3n) is 1.85. The van der Waals surface area contributed by atoms with Gasteiger partial charge in [0, 0.05) is 22.6 Å². The van der Waals surface area contributed by atoms with Crippen molar-refractivity contribution in [2.24, 2.45) is 10.9 Å². The van der Waals surface area contributed by atoms with Crippen molar-refractivity contribution in [1.29, 1.82) is 0 Å². The van der Waals surface area contributed by atoms with Crippen LogP contribution in [0.4, 0.5) is 8.78 Å². The lowest BCUT2D eigenvalue weighted by molar-refractivity contribution is 0.317. The first-order valence-corrected chi connectivity index (χ1v) is 5.49. The Hall–Kier alpha value is -1.30. The van der Waals surface area contributed by atoms with Gasteiger partial charge in [-0.05, 0) is 12.1 Å². The molecule has 0 amide bonds. The van der Waals surface area contributed by atoms with Gasteiger partial charge in [-0.3, -0.25) is 0 Å². The molecule has 16 heavy (non-hydrogen) atoms. The molecule has 1 aromatic rings. The first-order valence-electron chi connectivity index (χ1n) is 4.61. The van der Waals surface area contributed by atoms with Gasteiger partial charge in [-0.15, -0.1) is 11.8 Å². The van der Waals surface area contributed by atoms with Crippen molar-refractivity contribution >= 4 is 17.6 Å². The van der Waals surface area contributed by atoms with Crippen LogP contribution in [0.2, 0.25) is 0 Å². The van der Waals surface area contributed by atoms with Gasteiger partial charge in [-0.1, -0.05) is 12.1 Å². The van der Waals surface area contributed by atoms with Crippen LogP contribution in [-0.4, -0.2) is 16.3 Å². The number of halogens is 2. The number of hydrogen-bond acceptors (Lipinski definition) is 3.